The van der Waals surface area contributed by atoms with E-state index in [4.69, 9.17) is 21.1 Å². The largest absolute Gasteiger partial charge is 0.334 e. The van der Waals surface area contributed by atoms with Crippen molar-refractivity contribution in [2.45, 2.75) is 26.4 Å². The Balaban J connectivity index is 1.60. The predicted molar refractivity (Wildman–Crippen MR) is 132 cm³/mol. The summed E-state index contributed by atoms with van der Waals surface area (Å²) in [5.74, 6) is 0.868. The molecule has 5 rings (SSSR count). The summed E-state index contributed by atoms with van der Waals surface area (Å²) >= 11 is 6.11. The van der Waals surface area contributed by atoms with Crippen molar-refractivity contribution in [3.63, 3.8) is 0 Å². The first kappa shape index (κ1) is 21.9. The molecule has 0 saturated heterocycles. The second-order valence-corrected chi connectivity index (χ2v) is 8.73. The Labute approximate surface area is 202 Å². The summed E-state index contributed by atoms with van der Waals surface area (Å²) in [5.41, 5.74) is 5.39. The summed E-state index contributed by atoms with van der Waals surface area (Å²) in [4.78, 5) is 19.6. The van der Waals surface area contributed by atoms with Gasteiger partial charge in [0.15, 0.2) is 0 Å². The molecular formula is C27H23ClN4O2. The van der Waals surface area contributed by atoms with E-state index in [-0.39, 0.29) is 6.03 Å². The van der Waals surface area contributed by atoms with Gasteiger partial charge in [0, 0.05) is 16.3 Å². The van der Waals surface area contributed by atoms with Crippen LogP contribution in [0.5, 0.6) is 0 Å². The van der Waals surface area contributed by atoms with Crippen LogP contribution < -0.4 is 5.32 Å². The van der Waals surface area contributed by atoms with Gasteiger partial charge in [0.05, 0.1) is 18.2 Å². The SMILES string of the molecule is CC1=C(c2nc(-c3cccc(C)c3)no2)C(c2ccc(Cl)cc2)NC(=O)N1Cc1ccccc1. The average Bonchev–Trinajstić information content (AvgIpc) is 3.32. The Hall–Kier alpha value is -3.90. The van der Waals surface area contributed by atoms with Crippen molar-refractivity contribution in [1.82, 2.24) is 20.4 Å². The van der Waals surface area contributed by atoms with Crippen molar-refractivity contribution < 1.29 is 9.32 Å². The zero-order valence-electron chi connectivity index (χ0n) is 18.8. The number of nitrogens with zero attached hydrogens (tertiary/aromatic N) is 3. The maximum Gasteiger partial charge on any atom is 0.322 e. The van der Waals surface area contributed by atoms with Crippen LogP contribution in [-0.2, 0) is 6.54 Å². The quantitative estimate of drug-likeness (QED) is 0.366. The van der Waals surface area contributed by atoms with Crippen molar-refractivity contribution in [3.8, 4) is 11.4 Å². The number of rotatable bonds is 5. The molecule has 170 valence electrons. The van der Waals surface area contributed by atoms with Gasteiger partial charge in [-0.2, -0.15) is 4.98 Å². The molecule has 2 amide bonds. The van der Waals surface area contributed by atoms with Crippen LogP contribution in [0.1, 0.15) is 35.5 Å². The van der Waals surface area contributed by atoms with Gasteiger partial charge in [-0.1, -0.05) is 83.0 Å². The lowest BCUT2D eigenvalue weighted by molar-refractivity contribution is 0.203. The number of urea groups is 1. The van der Waals surface area contributed by atoms with Crippen LogP contribution in [0.25, 0.3) is 17.0 Å². The molecule has 1 aromatic heterocycles. The van der Waals surface area contributed by atoms with Crippen LogP contribution in [0.15, 0.2) is 89.1 Å². The molecule has 3 aromatic carbocycles. The van der Waals surface area contributed by atoms with Gasteiger partial charge in [0.2, 0.25) is 5.82 Å². The first-order chi connectivity index (χ1) is 16.5. The minimum absolute atomic E-state index is 0.191. The van der Waals surface area contributed by atoms with E-state index in [1.807, 2.05) is 80.6 Å². The molecule has 0 radical (unpaired) electrons. The van der Waals surface area contributed by atoms with E-state index < -0.39 is 6.04 Å². The maximum absolute atomic E-state index is 13.2. The monoisotopic (exact) mass is 470 g/mol. The van der Waals surface area contributed by atoms with Crippen LogP contribution in [0, 0.1) is 6.92 Å². The summed E-state index contributed by atoms with van der Waals surface area (Å²) in [6.07, 6.45) is 0. The number of benzene rings is 3. The number of carbonyl (C=O) groups excluding carboxylic acids is 1. The Kier molecular flexibility index (Phi) is 5.90. The zero-order valence-corrected chi connectivity index (χ0v) is 19.6. The third kappa shape index (κ3) is 4.32. The number of amides is 2. The lowest BCUT2D eigenvalue weighted by atomic mass is 9.94. The molecule has 1 aliphatic heterocycles. The normalized spacial score (nSPS) is 16.0. The zero-order chi connectivity index (χ0) is 23.7. The van der Waals surface area contributed by atoms with Crippen LogP contribution in [0.4, 0.5) is 4.79 Å². The van der Waals surface area contributed by atoms with E-state index in [0.717, 1.165) is 33.5 Å². The molecule has 1 N–H and O–H groups in total. The molecule has 6 nitrogen and oxygen atoms in total. The van der Waals surface area contributed by atoms with Gasteiger partial charge >= 0.3 is 6.03 Å². The molecule has 1 aliphatic rings. The number of aromatic nitrogens is 2. The fraction of sp³-hybridized carbons (Fsp3) is 0.148. The Bertz CT molecular complexity index is 1360. The molecule has 0 aliphatic carbocycles. The van der Waals surface area contributed by atoms with Crippen LogP contribution in [-0.4, -0.2) is 21.1 Å². The first-order valence-corrected chi connectivity index (χ1v) is 11.4. The van der Waals surface area contributed by atoms with Crippen molar-refractivity contribution >= 4 is 23.2 Å². The molecule has 0 fully saturated rings. The fourth-order valence-corrected chi connectivity index (χ4v) is 4.28. The van der Waals surface area contributed by atoms with Crippen molar-refractivity contribution in [2.24, 2.45) is 0 Å². The van der Waals surface area contributed by atoms with Gasteiger partial charge in [-0.3, -0.25) is 4.90 Å². The van der Waals surface area contributed by atoms with E-state index in [1.54, 1.807) is 17.0 Å². The highest BCUT2D eigenvalue weighted by Gasteiger charge is 2.35. The number of carbonyl (C=O) groups is 1. The maximum atomic E-state index is 13.2. The third-order valence-corrected chi connectivity index (χ3v) is 6.17. The van der Waals surface area contributed by atoms with Gasteiger partial charge in [0.25, 0.3) is 5.89 Å². The molecule has 0 spiro atoms. The van der Waals surface area contributed by atoms with Crippen LogP contribution in [0.3, 0.4) is 0 Å². The Morgan fingerprint density at radius 1 is 1.00 bits per heavy atom. The number of hydrogen-bond acceptors (Lipinski definition) is 4. The second-order valence-electron chi connectivity index (χ2n) is 8.30. The fourth-order valence-electron chi connectivity index (χ4n) is 4.15. The van der Waals surface area contributed by atoms with Crippen molar-refractivity contribution in [2.75, 3.05) is 0 Å². The molecule has 0 bridgehead atoms. The number of halogens is 1. The van der Waals surface area contributed by atoms with Crippen LogP contribution in [0.2, 0.25) is 5.02 Å². The lowest BCUT2D eigenvalue weighted by Gasteiger charge is -2.35. The highest BCUT2D eigenvalue weighted by molar-refractivity contribution is 6.30. The third-order valence-electron chi connectivity index (χ3n) is 5.92. The van der Waals surface area contributed by atoms with E-state index in [2.05, 4.69) is 10.5 Å². The number of allylic oxidation sites excluding steroid dienone is 1. The van der Waals surface area contributed by atoms with Gasteiger partial charge in [0.1, 0.15) is 0 Å². The molecule has 1 atom stereocenters. The molecule has 34 heavy (non-hydrogen) atoms. The lowest BCUT2D eigenvalue weighted by Crippen LogP contribution is -2.45. The molecule has 2 heterocycles. The van der Waals surface area contributed by atoms with Crippen molar-refractivity contribution in [1.29, 1.82) is 0 Å². The summed E-state index contributed by atoms with van der Waals surface area (Å²) in [6, 6.07) is 24.5. The van der Waals surface area contributed by atoms with E-state index in [1.165, 1.54) is 0 Å². The van der Waals surface area contributed by atoms with E-state index >= 15 is 0 Å². The summed E-state index contributed by atoms with van der Waals surface area (Å²) in [6.45, 7) is 4.36. The van der Waals surface area contributed by atoms with E-state index in [0.29, 0.717) is 23.3 Å². The minimum atomic E-state index is -0.456. The van der Waals surface area contributed by atoms with E-state index in [9.17, 15) is 4.79 Å². The summed E-state index contributed by atoms with van der Waals surface area (Å²) < 4.78 is 5.76. The topological polar surface area (TPSA) is 71.3 Å². The molecular weight excluding hydrogens is 448 g/mol. The average molecular weight is 471 g/mol. The standard InChI is InChI=1S/C27H23ClN4O2/c1-17-7-6-10-21(15-17)25-30-26(34-31-25)23-18(2)32(16-19-8-4-3-5-9-19)27(33)29-24(23)20-11-13-22(28)14-12-20/h3-15,24H,16H2,1-2H3,(H,29,33). The van der Waals surface area contributed by atoms with Gasteiger partial charge in [-0.25, -0.2) is 4.79 Å². The Morgan fingerprint density at radius 2 is 1.76 bits per heavy atom. The van der Waals surface area contributed by atoms with Gasteiger partial charge in [-0.05, 0) is 43.2 Å². The molecule has 4 aromatic rings. The number of aryl methyl sites for hydroxylation is 1. The molecule has 7 heteroatoms. The highest BCUT2D eigenvalue weighted by atomic mass is 35.5. The predicted octanol–water partition coefficient (Wildman–Crippen LogP) is 6.40. The first-order valence-electron chi connectivity index (χ1n) is 11.0. The van der Waals surface area contributed by atoms with Gasteiger partial charge in [-0.15, -0.1) is 0 Å². The summed E-state index contributed by atoms with van der Waals surface area (Å²) in [5, 5.41) is 7.98. The number of nitrogens with one attached hydrogen (secondary N) is 1. The number of hydrogen-bond donors (Lipinski definition) is 1. The van der Waals surface area contributed by atoms with Crippen molar-refractivity contribution in [3.05, 3.63) is 112 Å². The molecule has 1 unspecified atom stereocenters. The minimum Gasteiger partial charge on any atom is -0.334 e. The Morgan fingerprint density at radius 3 is 2.50 bits per heavy atom. The molecule has 0 saturated carbocycles. The summed E-state index contributed by atoms with van der Waals surface area (Å²) in [7, 11) is 0. The van der Waals surface area contributed by atoms with Crippen LogP contribution >= 0.6 is 11.6 Å². The smallest absolute Gasteiger partial charge is 0.322 e. The van der Waals surface area contributed by atoms with Gasteiger partial charge < -0.3 is 9.84 Å². The highest BCUT2D eigenvalue weighted by Crippen LogP contribution is 2.38. The second kappa shape index (κ2) is 9.15.